The first kappa shape index (κ1) is 17.7. The van der Waals surface area contributed by atoms with Gasteiger partial charge in [-0.25, -0.2) is 0 Å². The van der Waals surface area contributed by atoms with Crippen LogP contribution in [0, 0.1) is 11.3 Å². The van der Waals surface area contributed by atoms with Crippen LogP contribution in [0.5, 0.6) is 0 Å². The van der Waals surface area contributed by atoms with E-state index in [-0.39, 0.29) is 31.4 Å². The molecule has 1 fully saturated rings. The Kier molecular flexibility index (Phi) is 7.68. The van der Waals surface area contributed by atoms with Gasteiger partial charge in [0.25, 0.3) is 0 Å². The van der Waals surface area contributed by atoms with Gasteiger partial charge in [-0.2, -0.15) is 5.26 Å². The van der Waals surface area contributed by atoms with Crippen LogP contribution in [0.3, 0.4) is 0 Å². The Morgan fingerprint density at radius 1 is 1.50 bits per heavy atom. The van der Waals surface area contributed by atoms with Crippen molar-refractivity contribution in [2.24, 2.45) is 0 Å². The van der Waals surface area contributed by atoms with Crippen LogP contribution in [0.2, 0.25) is 0 Å². The zero-order valence-electron chi connectivity index (χ0n) is 12.5. The standard InChI is InChI=1S/C15H21N3O4/c1-2-3-7-13(19)17-12-6-4-5-9-18(15(12)21)11-14(20)22-10-8-16/h2,12H,1,3-7,9-11H2,(H,17,19)/t12-/m0/s1. The minimum atomic E-state index is -0.617. The van der Waals surface area contributed by atoms with E-state index < -0.39 is 12.0 Å². The number of nitriles is 1. The molecule has 0 aromatic heterocycles. The molecule has 7 nitrogen and oxygen atoms in total. The summed E-state index contributed by atoms with van der Waals surface area (Å²) in [5, 5.41) is 11.1. The lowest BCUT2D eigenvalue weighted by atomic mass is 10.1. The highest BCUT2D eigenvalue weighted by atomic mass is 16.5. The maximum Gasteiger partial charge on any atom is 0.326 e. The van der Waals surface area contributed by atoms with Crippen LogP contribution in [0.1, 0.15) is 32.1 Å². The van der Waals surface area contributed by atoms with Gasteiger partial charge < -0.3 is 15.0 Å². The van der Waals surface area contributed by atoms with Crippen molar-refractivity contribution >= 4 is 17.8 Å². The largest absolute Gasteiger partial charge is 0.449 e. The summed E-state index contributed by atoms with van der Waals surface area (Å²) in [6, 6.07) is 1.09. The predicted octanol–water partition coefficient (Wildman–Crippen LogP) is 0.517. The van der Waals surface area contributed by atoms with Crippen molar-refractivity contribution in [1.82, 2.24) is 10.2 Å². The third-order valence-corrected chi connectivity index (χ3v) is 3.31. The number of nitrogens with one attached hydrogen (secondary N) is 1. The molecule has 22 heavy (non-hydrogen) atoms. The van der Waals surface area contributed by atoms with Crippen molar-refractivity contribution in [3.63, 3.8) is 0 Å². The molecule has 1 heterocycles. The molecule has 1 aliphatic rings. The highest BCUT2D eigenvalue weighted by Gasteiger charge is 2.29. The Balaban J connectivity index is 2.58. The summed E-state index contributed by atoms with van der Waals surface area (Å²) in [7, 11) is 0. The number of amides is 2. The van der Waals surface area contributed by atoms with Gasteiger partial charge in [-0.05, 0) is 25.7 Å². The van der Waals surface area contributed by atoms with E-state index in [2.05, 4.69) is 16.6 Å². The second-order valence-corrected chi connectivity index (χ2v) is 5.02. The number of hydrogen-bond acceptors (Lipinski definition) is 5. The number of rotatable bonds is 7. The number of esters is 1. The smallest absolute Gasteiger partial charge is 0.326 e. The summed E-state index contributed by atoms with van der Waals surface area (Å²) < 4.78 is 4.66. The fraction of sp³-hybridized carbons (Fsp3) is 0.600. The van der Waals surface area contributed by atoms with Gasteiger partial charge in [0.2, 0.25) is 11.8 Å². The molecule has 1 N–H and O–H groups in total. The Labute approximate surface area is 129 Å². The molecule has 0 spiro atoms. The van der Waals surface area contributed by atoms with Gasteiger partial charge in [0.15, 0.2) is 6.61 Å². The molecule has 0 saturated carbocycles. The maximum atomic E-state index is 12.4. The molecule has 7 heteroatoms. The van der Waals surface area contributed by atoms with Crippen LogP contribution in [0.15, 0.2) is 12.7 Å². The predicted molar refractivity (Wildman–Crippen MR) is 78.4 cm³/mol. The van der Waals surface area contributed by atoms with Crippen LogP contribution < -0.4 is 5.32 Å². The number of nitrogens with zero attached hydrogens (tertiary/aromatic N) is 2. The molecule has 0 aromatic rings. The molecule has 0 bridgehead atoms. The zero-order chi connectivity index (χ0) is 16.4. The van der Waals surface area contributed by atoms with Crippen molar-refractivity contribution in [2.45, 2.75) is 38.1 Å². The highest BCUT2D eigenvalue weighted by Crippen LogP contribution is 2.12. The summed E-state index contributed by atoms with van der Waals surface area (Å²) in [4.78, 5) is 37.0. The van der Waals surface area contributed by atoms with Gasteiger partial charge in [0.1, 0.15) is 18.7 Å². The molecular formula is C15H21N3O4. The van der Waals surface area contributed by atoms with Gasteiger partial charge in [0, 0.05) is 13.0 Å². The van der Waals surface area contributed by atoms with Crippen molar-refractivity contribution in [2.75, 3.05) is 19.7 Å². The number of allylic oxidation sites excluding steroid dienone is 1. The number of ether oxygens (including phenoxy) is 1. The van der Waals surface area contributed by atoms with Crippen molar-refractivity contribution < 1.29 is 19.1 Å². The van der Waals surface area contributed by atoms with Crippen molar-refractivity contribution in [1.29, 1.82) is 5.26 Å². The average Bonchev–Trinajstić information content (AvgIpc) is 2.66. The molecule has 120 valence electrons. The summed E-state index contributed by atoms with van der Waals surface area (Å²) >= 11 is 0. The van der Waals surface area contributed by atoms with Gasteiger partial charge >= 0.3 is 5.97 Å². The first-order valence-corrected chi connectivity index (χ1v) is 7.30. The van der Waals surface area contributed by atoms with Crippen LogP contribution >= 0.6 is 0 Å². The van der Waals surface area contributed by atoms with E-state index in [1.807, 2.05) is 0 Å². The molecule has 1 rings (SSSR count). The van der Waals surface area contributed by atoms with E-state index >= 15 is 0 Å². The number of likely N-dealkylation sites (tertiary alicyclic amines) is 1. The third-order valence-electron chi connectivity index (χ3n) is 3.31. The molecular weight excluding hydrogens is 286 g/mol. The van der Waals surface area contributed by atoms with E-state index in [1.54, 1.807) is 12.1 Å². The topological polar surface area (TPSA) is 99.5 Å². The van der Waals surface area contributed by atoms with E-state index in [0.29, 0.717) is 19.4 Å². The highest BCUT2D eigenvalue weighted by molar-refractivity contribution is 5.89. The number of hydrogen-bond donors (Lipinski definition) is 1. The lowest BCUT2D eigenvalue weighted by molar-refractivity contribution is -0.148. The van der Waals surface area contributed by atoms with E-state index in [0.717, 1.165) is 12.8 Å². The maximum absolute atomic E-state index is 12.4. The quantitative estimate of drug-likeness (QED) is 0.546. The lowest BCUT2D eigenvalue weighted by Gasteiger charge is -2.23. The normalized spacial score (nSPS) is 18.0. The lowest BCUT2D eigenvalue weighted by Crippen LogP contribution is -2.48. The minimum Gasteiger partial charge on any atom is -0.449 e. The third kappa shape index (κ3) is 5.95. The first-order valence-electron chi connectivity index (χ1n) is 7.30. The van der Waals surface area contributed by atoms with Gasteiger partial charge in [-0.3, -0.25) is 14.4 Å². The van der Waals surface area contributed by atoms with Crippen molar-refractivity contribution in [3.05, 3.63) is 12.7 Å². The van der Waals surface area contributed by atoms with E-state index in [1.165, 1.54) is 4.90 Å². The Morgan fingerprint density at radius 2 is 2.27 bits per heavy atom. The fourth-order valence-corrected chi connectivity index (χ4v) is 2.21. The average molecular weight is 307 g/mol. The number of carbonyl (C=O) groups excluding carboxylic acids is 3. The molecule has 0 unspecified atom stereocenters. The summed E-state index contributed by atoms with van der Waals surface area (Å²) in [6.07, 6.45) is 4.60. The Bertz CT molecular complexity index is 470. The van der Waals surface area contributed by atoms with Crippen LogP contribution in [-0.2, 0) is 19.1 Å². The van der Waals surface area contributed by atoms with Gasteiger partial charge in [-0.15, -0.1) is 6.58 Å². The molecule has 0 radical (unpaired) electrons. The molecule has 2 amide bonds. The second kappa shape index (κ2) is 9.55. The van der Waals surface area contributed by atoms with Gasteiger partial charge in [-0.1, -0.05) is 6.08 Å². The van der Waals surface area contributed by atoms with Crippen LogP contribution in [-0.4, -0.2) is 48.4 Å². The number of carbonyl (C=O) groups is 3. The Hall–Kier alpha value is -2.36. The van der Waals surface area contributed by atoms with Crippen LogP contribution in [0.25, 0.3) is 0 Å². The molecule has 1 atom stereocenters. The second-order valence-electron chi connectivity index (χ2n) is 5.02. The molecule has 1 saturated heterocycles. The summed E-state index contributed by atoms with van der Waals surface area (Å²) in [6.45, 7) is 3.47. The van der Waals surface area contributed by atoms with Crippen molar-refractivity contribution in [3.8, 4) is 6.07 Å². The van der Waals surface area contributed by atoms with Gasteiger partial charge in [0.05, 0.1) is 0 Å². The Morgan fingerprint density at radius 3 is 2.95 bits per heavy atom. The van der Waals surface area contributed by atoms with E-state index in [9.17, 15) is 14.4 Å². The van der Waals surface area contributed by atoms with Crippen LogP contribution in [0.4, 0.5) is 0 Å². The minimum absolute atomic E-state index is 0.195. The zero-order valence-corrected chi connectivity index (χ0v) is 12.5. The summed E-state index contributed by atoms with van der Waals surface area (Å²) in [5.74, 6) is -1.10. The summed E-state index contributed by atoms with van der Waals surface area (Å²) in [5.41, 5.74) is 0. The molecule has 0 aliphatic carbocycles. The fourth-order valence-electron chi connectivity index (χ4n) is 2.21. The SMILES string of the molecule is C=CCCC(=O)N[C@H]1CCCCN(CC(=O)OCC#N)C1=O. The molecule has 1 aliphatic heterocycles. The molecule has 0 aromatic carbocycles. The van der Waals surface area contributed by atoms with E-state index in [4.69, 9.17) is 5.26 Å². The first-order chi connectivity index (χ1) is 10.6. The monoisotopic (exact) mass is 307 g/mol.